The van der Waals surface area contributed by atoms with Crippen molar-refractivity contribution in [3.05, 3.63) is 332 Å². The molecule has 0 saturated carbocycles. The van der Waals surface area contributed by atoms with Crippen LogP contribution in [0.2, 0.25) is 0 Å². The summed E-state index contributed by atoms with van der Waals surface area (Å²) in [6.45, 7) is 27.7. The van der Waals surface area contributed by atoms with Gasteiger partial charge in [0.05, 0.1) is 16.7 Å². The molecule has 4 nitrogen and oxygen atoms in total. The summed E-state index contributed by atoms with van der Waals surface area (Å²) in [6, 6.07) is 120. The van der Waals surface area contributed by atoms with E-state index >= 15 is 0 Å². The van der Waals surface area contributed by atoms with Gasteiger partial charge in [0.25, 0.3) is 6.71 Å². The van der Waals surface area contributed by atoms with Crippen LogP contribution < -0.4 is 31.1 Å². The summed E-state index contributed by atoms with van der Waals surface area (Å²) in [7, 11) is 0. The zero-order chi connectivity index (χ0) is 75.5. The molecule has 0 aliphatic carbocycles. The average Bonchev–Trinajstić information content (AvgIpc) is 0.823. The van der Waals surface area contributed by atoms with E-state index in [0.717, 1.165) is 56.9 Å². The molecule has 534 valence electrons. The van der Waals surface area contributed by atoms with Gasteiger partial charge in [0, 0.05) is 62.0 Å². The van der Waals surface area contributed by atoms with Crippen LogP contribution in [-0.4, -0.2) is 11.3 Å². The van der Waals surface area contributed by atoms with Crippen molar-refractivity contribution in [1.82, 2.24) is 4.57 Å². The van der Waals surface area contributed by atoms with Crippen LogP contribution in [0.3, 0.4) is 0 Å². The molecular weight excluding hydrogens is 1340 g/mol. The van der Waals surface area contributed by atoms with E-state index in [1.807, 2.05) is 0 Å². The third-order valence-electron chi connectivity index (χ3n) is 24.9. The fourth-order valence-electron chi connectivity index (χ4n) is 19.2. The second kappa shape index (κ2) is 24.0. The molecule has 1 aromatic heterocycles. The lowest BCUT2D eigenvalue weighted by Crippen LogP contribution is -2.61. The van der Waals surface area contributed by atoms with Crippen LogP contribution >= 0.6 is 0 Å². The van der Waals surface area contributed by atoms with E-state index in [0.29, 0.717) is 0 Å². The Labute approximate surface area is 650 Å². The van der Waals surface area contributed by atoms with E-state index in [4.69, 9.17) is 0 Å². The molecule has 0 spiro atoms. The topological polar surface area (TPSA) is 14.7 Å². The summed E-state index contributed by atoms with van der Waals surface area (Å²) in [5.41, 5.74) is 22.1. The van der Waals surface area contributed by atoms with Crippen molar-refractivity contribution in [2.24, 2.45) is 0 Å². The van der Waals surface area contributed by atoms with Gasteiger partial charge in [-0.1, -0.05) is 289 Å². The Morgan fingerprint density at radius 2 is 0.523 bits per heavy atom. The van der Waals surface area contributed by atoms with Crippen molar-refractivity contribution >= 4 is 193 Å². The average molecular weight is 1430 g/mol. The summed E-state index contributed by atoms with van der Waals surface area (Å²) in [6.07, 6.45) is 0. The largest absolute Gasteiger partial charge is 0.311 e. The normalized spacial score (nSPS) is 13.4. The van der Waals surface area contributed by atoms with E-state index < -0.39 is 0 Å². The maximum Gasteiger partial charge on any atom is 0.252 e. The summed E-state index contributed by atoms with van der Waals surface area (Å²) >= 11 is 0. The number of nitrogens with zero attached hydrogens (tertiary/aromatic N) is 4. The van der Waals surface area contributed by atoms with Crippen LogP contribution in [0, 0.1) is 0 Å². The molecule has 0 radical (unpaired) electrons. The van der Waals surface area contributed by atoms with Gasteiger partial charge in [-0.2, -0.15) is 0 Å². The number of rotatable bonds is 6. The molecule has 0 bridgehead atoms. The monoisotopic (exact) mass is 1430 g/mol. The number of hydrogen-bond donors (Lipinski definition) is 0. The molecule has 0 fully saturated rings. The van der Waals surface area contributed by atoms with Gasteiger partial charge < -0.3 is 19.3 Å². The number of anilines is 9. The predicted molar refractivity (Wildman–Crippen MR) is 482 cm³/mol. The summed E-state index contributed by atoms with van der Waals surface area (Å²) < 4.78 is 2.57. The van der Waals surface area contributed by atoms with Gasteiger partial charge in [0.15, 0.2) is 0 Å². The first kappa shape index (κ1) is 66.7. The van der Waals surface area contributed by atoms with Gasteiger partial charge in [-0.05, 0) is 260 Å². The Morgan fingerprint density at radius 1 is 0.216 bits per heavy atom. The zero-order valence-corrected chi connectivity index (χ0v) is 65.3. The lowest BCUT2D eigenvalue weighted by atomic mass is 9.33. The predicted octanol–water partition coefficient (Wildman–Crippen LogP) is 27.9. The van der Waals surface area contributed by atoms with Crippen LogP contribution in [0.15, 0.2) is 309 Å². The van der Waals surface area contributed by atoms with Crippen molar-refractivity contribution in [3.8, 4) is 5.69 Å². The molecule has 0 saturated heterocycles. The first-order valence-electron chi connectivity index (χ1n) is 39.7. The zero-order valence-electron chi connectivity index (χ0n) is 65.3. The molecule has 0 unspecified atom stereocenters. The van der Waals surface area contributed by atoms with Gasteiger partial charge in [0.1, 0.15) is 0 Å². The molecule has 111 heavy (non-hydrogen) atoms. The van der Waals surface area contributed by atoms with Crippen molar-refractivity contribution in [3.63, 3.8) is 0 Å². The molecule has 3 heterocycles. The second-order valence-electron chi connectivity index (χ2n) is 35.7. The van der Waals surface area contributed by atoms with Crippen molar-refractivity contribution in [1.29, 1.82) is 0 Å². The molecule has 5 heteroatoms. The molecular formula is C106H87BN4. The smallest absolute Gasteiger partial charge is 0.252 e. The van der Waals surface area contributed by atoms with Crippen molar-refractivity contribution in [2.45, 2.75) is 105 Å². The maximum absolute atomic E-state index is 2.68. The summed E-state index contributed by atoms with van der Waals surface area (Å²) in [5, 5.41) is 24.9. The van der Waals surface area contributed by atoms with Crippen LogP contribution in [-0.2, 0) is 21.7 Å². The quantitative estimate of drug-likeness (QED) is 0.122. The number of fused-ring (bicyclic) bond motifs is 25. The van der Waals surface area contributed by atoms with Gasteiger partial charge in [-0.15, -0.1) is 0 Å². The minimum atomic E-state index is -0.256. The van der Waals surface area contributed by atoms with Crippen molar-refractivity contribution < 1.29 is 0 Å². The number of benzene rings is 18. The van der Waals surface area contributed by atoms with Gasteiger partial charge >= 0.3 is 0 Å². The van der Waals surface area contributed by atoms with E-state index in [1.165, 1.54) is 157 Å². The van der Waals surface area contributed by atoms with E-state index in [2.05, 4.69) is 412 Å². The molecule has 19 aromatic rings. The van der Waals surface area contributed by atoms with E-state index in [1.54, 1.807) is 0 Å². The number of hydrogen-bond acceptors (Lipinski definition) is 3. The molecule has 0 atom stereocenters. The molecule has 2 aliphatic heterocycles. The highest BCUT2D eigenvalue weighted by Gasteiger charge is 2.45. The first-order chi connectivity index (χ1) is 53.6. The first-order valence-corrected chi connectivity index (χ1v) is 39.7. The van der Waals surface area contributed by atoms with Gasteiger partial charge in [-0.3, -0.25) is 0 Å². The lowest BCUT2D eigenvalue weighted by Gasteiger charge is -2.45. The summed E-state index contributed by atoms with van der Waals surface area (Å²) in [4.78, 5) is 7.90. The van der Waals surface area contributed by atoms with E-state index in [-0.39, 0.29) is 28.4 Å². The van der Waals surface area contributed by atoms with Crippen LogP contribution in [0.5, 0.6) is 0 Å². The maximum atomic E-state index is 2.68. The lowest BCUT2D eigenvalue weighted by molar-refractivity contribution is 0.590. The fourth-order valence-corrected chi connectivity index (χ4v) is 19.2. The molecule has 0 N–H and O–H groups in total. The van der Waals surface area contributed by atoms with Gasteiger partial charge in [-0.25, -0.2) is 0 Å². The molecule has 18 aromatic carbocycles. The summed E-state index contributed by atoms with van der Waals surface area (Å²) in [5.74, 6) is 0. The van der Waals surface area contributed by atoms with Gasteiger partial charge in [0.2, 0.25) is 0 Å². The molecule has 21 rings (SSSR count). The minimum Gasteiger partial charge on any atom is -0.311 e. The minimum absolute atomic E-state index is 0.0609. The van der Waals surface area contributed by atoms with Crippen LogP contribution in [0.1, 0.15) is 105 Å². The third kappa shape index (κ3) is 10.3. The Hall–Kier alpha value is -12.4. The Bertz CT molecular complexity index is 6990. The number of aromatic nitrogens is 1. The van der Waals surface area contributed by atoms with Crippen LogP contribution in [0.25, 0.3) is 124 Å². The fraction of sp³-hybridized carbons (Fsp3) is 0.151. The van der Waals surface area contributed by atoms with Crippen LogP contribution in [0.4, 0.5) is 51.2 Å². The SMILES string of the molecule is CC(C)(C)c1ccc(N(c2ccc(C(C)(C)C)cc2)c2cc3c4c(c2)N(c2ccc5c6ccccc6c6ccccc6c5c2)c2cc5c6ccccc6c6ccccc6c5cc2B4c2ccc(-n4c5ccc(C(C)(C)C)cc5c5cc(C(C)(C)C)ccc54)cc2N3c2ccc3c4ccccc4c4ccccc4c3c2)cc1. The highest BCUT2D eigenvalue weighted by Crippen LogP contribution is 2.53. The van der Waals surface area contributed by atoms with E-state index in [9.17, 15) is 0 Å². The third-order valence-corrected chi connectivity index (χ3v) is 24.9. The Balaban J connectivity index is 0.937. The standard InChI is InChI=1S/C106H87BN4/c1-103(2,3)64-37-43-68(44-38-64)108(69-45-39-65(40-46-69)104(4,5)6)73-60-100-102-101(61-73)111(71-48-51-87-81-32-16-14-26-75(81)77-28-18-22-34-83(77)89(87)58-71)99-63-91-85-36-24-20-30-79(85)78-29-19-23-35-84(78)90(91)62-95(99)107(102)94-52-49-72(109-96-53-41-66(105(7,8)9)55-92(96)93-56-67(106(10,11)12)42-54-97(93)109)59-98(94)110(100)70-47-50-86-80-31-15-13-25-74(80)76-27-17-21-33-82(76)88(86)57-70/h13-63H,1-12H3. The molecule has 2 aliphatic rings. The Kier molecular flexibility index (Phi) is 14.5. The highest BCUT2D eigenvalue weighted by molar-refractivity contribution is 7.00. The highest BCUT2D eigenvalue weighted by atomic mass is 15.2. The molecule has 0 amide bonds. The Morgan fingerprint density at radius 3 is 0.883 bits per heavy atom. The second-order valence-corrected chi connectivity index (χ2v) is 35.7. The van der Waals surface area contributed by atoms with Crippen molar-refractivity contribution in [2.75, 3.05) is 14.7 Å².